The van der Waals surface area contributed by atoms with Gasteiger partial charge in [-0.1, -0.05) is 41.6 Å². The smallest absolute Gasteiger partial charge is 0.227 e. The number of nitrogens with zero attached hydrogens (tertiary/aromatic N) is 3. The second kappa shape index (κ2) is 9.23. The SMILES string of the molecule is Cl.NCc1ccc(-c2noc(CCC(=O)N3CCSc4ccccc43)n2)cc1. The molecule has 4 rings (SSSR count). The van der Waals surface area contributed by atoms with Gasteiger partial charge in [0, 0.05) is 42.1 Å². The number of hydrogen-bond donors (Lipinski definition) is 1. The van der Waals surface area contributed by atoms with Crippen LogP contribution in [0.4, 0.5) is 5.69 Å². The normalized spacial score (nSPS) is 13.0. The number of aryl methyl sites for hydroxylation is 1. The van der Waals surface area contributed by atoms with Crippen LogP contribution in [0.2, 0.25) is 0 Å². The summed E-state index contributed by atoms with van der Waals surface area (Å²) in [6.07, 6.45) is 0.769. The van der Waals surface area contributed by atoms with Gasteiger partial charge in [0.2, 0.25) is 17.6 Å². The molecular formula is C20H21ClN4O2S. The summed E-state index contributed by atoms with van der Waals surface area (Å²) in [5, 5.41) is 4.02. The Labute approximate surface area is 173 Å². The van der Waals surface area contributed by atoms with E-state index in [9.17, 15) is 4.79 Å². The number of aromatic nitrogens is 2. The summed E-state index contributed by atoms with van der Waals surface area (Å²) < 4.78 is 5.32. The van der Waals surface area contributed by atoms with Crippen LogP contribution in [0.5, 0.6) is 0 Å². The van der Waals surface area contributed by atoms with E-state index in [1.54, 1.807) is 11.8 Å². The number of carbonyl (C=O) groups is 1. The van der Waals surface area contributed by atoms with Crippen molar-refractivity contribution in [2.45, 2.75) is 24.3 Å². The van der Waals surface area contributed by atoms with E-state index in [-0.39, 0.29) is 18.3 Å². The van der Waals surface area contributed by atoms with Crippen LogP contribution in [0, 0.1) is 0 Å². The summed E-state index contributed by atoms with van der Waals surface area (Å²) in [6.45, 7) is 1.22. The van der Waals surface area contributed by atoms with Crippen LogP contribution in [-0.2, 0) is 17.8 Å². The summed E-state index contributed by atoms with van der Waals surface area (Å²) in [5.41, 5.74) is 8.53. The van der Waals surface area contributed by atoms with Gasteiger partial charge in [0.25, 0.3) is 0 Å². The number of carbonyl (C=O) groups excluding carboxylic acids is 1. The van der Waals surface area contributed by atoms with E-state index in [0.717, 1.165) is 34.0 Å². The summed E-state index contributed by atoms with van der Waals surface area (Å²) >= 11 is 1.79. The van der Waals surface area contributed by atoms with Gasteiger partial charge in [-0.25, -0.2) is 0 Å². The third-order valence-electron chi connectivity index (χ3n) is 4.50. The predicted octanol–water partition coefficient (Wildman–Crippen LogP) is 3.69. The van der Waals surface area contributed by atoms with E-state index >= 15 is 0 Å². The van der Waals surface area contributed by atoms with Crippen molar-refractivity contribution < 1.29 is 9.32 Å². The number of fused-ring (bicyclic) bond motifs is 1. The Kier molecular flexibility index (Phi) is 6.72. The quantitative estimate of drug-likeness (QED) is 0.682. The molecule has 0 aliphatic carbocycles. The molecule has 2 N–H and O–H groups in total. The van der Waals surface area contributed by atoms with Gasteiger partial charge in [-0.05, 0) is 17.7 Å². The fourth-order valence-corrected chi connectivity index (χ4v) is 4.04. The molecule has 0 unspecified atom stereocenters. The molecule has 2 heterocycles. The van der Waals surface area contributed by atoms with Crippen LogP contribution >= 0.6 is 24.2 Å². The molecule has 0 atom stereocenters. The third-order valence-corrected chi connectivity index (χ3v) is 5.54. The first-order valence-corrected chi connectivity index (χ1v) is 9.87. The first-order valence-electron chi connectivity index (χ1n) is 8.89. The van der Waals surface area contributed by atoms with Crippen molar-refractivity contribution in [1.29, 1.82) is 0 Å². The fraction of sp³-hybridized carbons (Fsp3) is 0.250. The van der Waals surface area contributed by atoms with E-state index in [2.05, 4.69) is 16.2 Å². The lowest BCUT2D eigenvalue weighted by Crippen LogP contribution is -2.35. The van der Waals surface area contributed by atoms with Crippen LogP contribution in [0.15, 0.2) is 57.9 Å². The van der Waals surface area contributed by atoms with Crippen molar-refractivity contribution in [3.8, 4) is 11.4 Å². The highest BCUT2D eigenvalue weighted by atomic mass is 35.5. The summed E-state index contributed by atoms with van der Waals surface area (Å²) in [5.74, 6) is 1.99. The molecule has 2 aromatic carbocycles. The second-order valence-electron chi connectivity index (χ2n) is 6.27. The van der Waals surface area contributed by atoms with E-state index in [4.69, 9.17) is 10.3 Å². The molecule has 6 nitrogen and oxygen atoms in total. The number of amides is 1. The van der Waals surface area contributed by atoms with E-state index in [0.29, 0.717) is 31.1 Å². The van der Waals surface area contributed by atoms with E-state index in [1.807, 2.05) is 47.4 Å². The largest absolute Gasteiger partial charge is 0.339 e. The molecule has 0 radical (unpaired) electrons. The zero-order valence-corrected chi connectivity index (χ0v) is 16.8. The van der Waals surface area contributed by atoms with E-state index < -0.39 is 0 Å². The minimum atomic E-state index is 0. The molecule has 3 aromatic rings. The zero-order valence-electron chi connectivity index (χ0n) is 15.2. The Morgan fingerprint density at radius 1 is 1.18 bits per heavy atom. The highest BCUT2D eigenvalue weighted by Gasteiger charge is 2.23. The molecule has 0 spiro atoms. The number of para-hydroxylation sites is 1. The van der Waals surface area contributed by atoms with Crippen molar-refractivity contribution in [2.75, 3.05) is 17.2 Å². The molecule has 0 saturated carbocycles. The number of halogens is 1. The lowest BCUT2D eigenvalue weighted by molar-refractivity contribution is -0.118. The second-order valence-corrected chi connectivity index (χ2v) is 7.41. The molecule has 146 valence electrons. The van der Waals surface area contributed by atoms with Gasteiger partial charge in [-0.3, -0.25) is 4.79 Å². The van der Waals surface area contributed by atoms with Gasteiger partial charge in [-0.2, -0.15) is 4.98 Å². The highest BCUT2D eigenvalue weighted by molar-refractivity contribution is 7.99. The van der Waals surface area contributed by atoms with Crippen molar-refractivity contribution in [2.24, 2.45) is 5.73 Å². The van der Waals surface area contributed by atoms with Crippen molar-refractivity contribution in [3.63, 3.8) is 0 Å². The zero-order chi connectivity index (χ0) is 18.6. The molecule has 28 heavy (non-hydrogen) atoms. The van der Waals surface area contributed by atoms with Gasteiger partial charge >= 0.3 is 0 Å². The van der Waals surface area contributed by atoms with Gasteiger partial charge < -0.3 is 15.2 Å². The highest BCUT2D eigenvalue weighted by Crippen LogP contribution is 2.34. The summed E-state index contributed by atoms with van der Waals surface area (Å²) in [4.78, 5) is 20.1. The maximum absolute atomic E-state index is 12.7. The monoisotopic (exact) mass is 416 g/mol. The number of rotatable bonds is 5. The number of nitrogens with two attached hydrogens (primary N) is 1. The minimum absolute atomic E-state index is 0. The van der Waals surface area contributed by atoms with Gasteiger partial charge in [0.15, 0.2) is 0 Å². The van der Waals surface area contributed by atoms with Crippen LogP contribution < -0.4 is 10.6 Å². The molecule has 0 bridgehead atoms. The molecule has 0 saturated heterocycles. The summed E-state index contributed by atoms with van der Waals surface area (Å²) in [6, 6.07) is 15.7. The predicted molar refractivity (Wildman–Crippen MR) is 113 cm³/mol. The van der Waals surface area contributed by atoms with Gasteiger partial charge in [-0.15, -0.1) is 24.2 Å². The minimum Gasteiger partial charge on any atom is -0.339 e. The Hall–Kier alpha value is -2.35. The molecule has 1 aliphatic heterocycles. The van der Waals surface area contributed by atoms with Crippen LogP contribution in [-0.4, -0.2) is 28.3 Å². The van der Waals surface area contributed by atoms with Crippen LogP contribution in [0.3, 0.4) is 0 Å². The van der Waals surface area contributed by atoms with Crippen molar-refractivity contribution in [1.82, 2.24) is 10.1 Å². The fourth-order valence-electron chi connectivity index (χ4n) is 3.04. The Bertz CT molecular complexity index is 945. The average Bonchev–Trinajstić information content (AvgIpc) is 3.20. The van der Waals surface area contributed by atoms with Gasteiger partial charge in [0.1, 0.15) is 0 Å². The number of anilines is 1. The van der Waals surface area contributed by atoms with Crippen LogP contribution in [0.1, 0.15) is 17.9 Å². The molecule has 0 fully saturated rings. The molecule has 1 aromatic heterocycles. The van der Waals surface area contributed by atoms with Gasteiger partial charge in [0.05, 0.1) is 5.69 Å². The Morgan fingerprint density at radius 3 is 2.75 bits per heavy atom. The molecular weight excluding hydrogens is 396 g/mol. The van der Waals surface area contributed by atoms with Crippen LogP contribution in [0.25, 0.3) is 11.4 Å². The first kappa shape index (κ1) is 20.4. The Balaban J connectivity index is 0.00000225. The van der Waals surface area contributed by atoms with E-state index in [1.165, 1.54) is 0 Å². The lowest BCUT2D eigenvalue weighted by Gasteiger charge is -2.28. The average molecular weight is 417 g/mol. The molecule has 1 aliphatic rings. The molecule has 8 heteroatoms. The number of benzene rings is 2. The Morgan fingerprint density at radius 2 is 1.96 bits per heavy atom. The first-order chi connectivity index (χ1) is 13.2. The number of hydrogen-bond acceptors (Lipinski definition) is 6. The van der Waals surface area contributed by atoms with Crippen molar-refractivity contribution >= 4 is 35.8 Å². The lowest BCUT2D eigenvalue weighted by atomic mass is 10.1. The third kappa shape index (κ3) is 4.38. The summed E-state index contributed by atoms with van der Waals surface area (Å²) in [7, 11) is 0. The molecule has 1 amide bonds. The topological polar surface area (TPSA) is 85.2 Å². The number of thioether (sulfide) groups is 1. The van der Waals surface area contributed by atoms with Crippen molar-refractivity contribution in [3.05, 3.63) is 60.0 Å². The standard InChI is InChI=1S/C20H20N4O2S.ClH/c21-13-14-5-7-15(8-6-14)20-22-18(26-23-20)9-10-19(25)24-11-12-27-17-4-2-1-3-16(17)24;/h1-8H,9-13,21H2;1H. The maximum Gasteiger partial charge on any atom is 0.227 e. The maximum atomic E-state index is 12.7.